The Balaban J connectivity index is 1.25. The number of benzene rings is 1. The summed E-state index contributed by atoms with van der Waals surface area (Å²) in [4.78, 5) is 21.9. The van der Waals surface area contributed by atoms with Gasteiger partial charge in [0, 0.05) is 50.7 Å². The molecule has 5 rings (SSSR count). The summed E-state index contributed by atoms with van der Waals surface area (Å²) in [6.45, 7) is 5.00. The van der Waals surface area contributed by atoms with E-state index in [1.807, 2.05) is 35.2 Å². The van der Waals surface area contributed by atoms with E-state index in [0.717, 1.165) is 68.2 Å². The van der Waals surface area contributed by atoms with Gasteiger partial charge in [-0.1, -0.05) is 24.6 Å². The van der Waals surface area contributed by atoms with Gasteiger partial charge in [0.05, 0.1) is 17.6 Å². The van der Waals surface area contributed by atoms with E-state index in [4.69, 9.17) is 0 Å². The molecule has 0 spiro atoms. The van der Waals surface area contributed by atoms with Crippen LogP contribution in [0.1, 0.15) is 41.3 Å². The lowest BCUT2D eigenvalue weighted by Gasteiger charge is -2.34. The largest absolute Gasteiger partial charge is 0.336 e. The first-order valence-corrected chi connectivity index (χ1v) is 10.6. The Labute approximate surface area is 170 Å². The van der Waals surface area contributed by atoms with E-state index in [0.29, 0.717) is 5.56 Å². The number of amides is 1. The summed E-state index contributed by atoms with van der Waals surface area (Å²) in [5, 5.41) is 9.86. The third-order valence-electron chi connectivity index (χ3n) is 6.07. The lowest BCUT2D eigenvalue weighted by atomic mass is 10.1. The van der Waals surface area contributed by atoms with E-state index < -0.39 is 0 Å². The summed E-state index contributed by atoms with van der Waals surface area (Å²) in [5.74, 6) is 2.28. The predicted octanol–water partition coefficient (Wildman–Crippen LogP) is 2.51. The average Bonchev–Trinajstić information content (AvgIpc) is 2.99. The quantitative estimate of drug-likeness (QED) is 0.687. The summed E-state index contributed by atoms with van der Waals surface area (Å²) < 4.78 is 2.31. The first-order valence-electron chi connectivity index (χ1n) is 10.6. The van der Waals surface area contributed by atoms with Crippen molar-refractivity contribution in [2.45, 2.75) is 38.8 Å². The molecule has 1 saturated heterocycles. The fraction of sp³-hybridized carbons (Fsp3) is 0.455. The first kappa shape index (κ1) is 18.2. The molecule has 4 heterocycles. The van der Waals surface area contributed by atoms with Crippen molar-refractivity contribution in [3.63, 3.8) is 0 Å². The van der Waals surface area contributed by atoms with Crippen molar-refractivity contribution >= 4 is 16.8 Å². The summed E-state index contributed by atoms with van der Waals surface area (Å²) in [5.41, 5.74) is 1.48. The van der Waals surface area contributed by atoms with Crippen LogP contribution >= 0.6 is 0 Å². The van der Waals surface area contributed by atoms with Gasteiger partial charge in [0.15, 0.2) is 0 Å². The van der Waals surface area contributed by atoms with Gasteiger partial charge in [0.25, 0.3) is 5.91 Å². The molecule has 0 bridgehead atoms. The van der Waals surface area contributed by atoms with E-state index >= 15 is 0 Å². The second kappa shape index (κ2) is 7.91. The van der Waals surface area contributed by atoms with Crippen molar-refractivity contribution in [1.29, 1.82) is 0 Å². The smallest absolute Gasteiger partial charge is 0.256 e. The molecule has 29 heavy (non-hydrogen) atoms. The number of carbonyl (C=O) groups excluding carboxylic acids is 1. The van der Waals surface area contributed by atoms with Crippen LogP contribution < -0.4 is 0 Å². The number of hydrogen-bond acceptors (Lipinski definition) is 5. The number of piperazine rings is 1. The second-order valence-corrected chi connectivity index (χ2v) is 7.94. The molecule has 3 aromatic rings. The lowest BCUT2D eigenvalue weighted by molar-refractivity contribution is 0.0625. The summed E-state index contributed by atoms with van der Waals surface area (Å²) in [7, 11) is 0. The maximum absolute atomic E-state index is 13.1. The Hall–Kier alpha value is -2.80. The zero-order chi connectivity index (χ0) is 19.6. The highest BCUT2D eigenvalue weighted by Crippen LogP contribution is 2.20. The van der Waals surface area contributed by atoms with Gasteiger partial charge in [-0.05, 0) is 25.0 Å². The van der Waals surface area contributed by atoms with Crippen molar-refractivity contribution in [2.75, 3.05) is 26.2 Å². The van der Waals surface area contributed by atoms with Crippen LogP contribution in [0.15, 0.2) is 36.5 Å². The van der Waals surface area contributed by atoms with Gasteiger partial charge in [-0.3, -0.25) is 14.7 Å². The molecule has 0 N–H and O–H groups in total. The number of fused-ring (bicyclic) bond motifs is 2. The zero-order valence-electron chi connectivity index (χ0n) is 16.6. The highest BCUT2D eigenvalue weighted by molar-refractivity contribution is 6.05. The summed E-state index contributed by atoms with van der Waals surface area (Å²) in [6.07, 6.45) is 6.47. The number of nitrogens with zero attached hydrogens (tertiary/aromatic N) is 6. The fourth-order valence-electron chi connectivity index (χ4n) is 4.42. The molecule has 2 aromatic heterocycles. The van der Waals surface area contributed by atoms with Gasteiger partial charge in [-0.25, -0.2) is 0 Å². The van der Waals surface area contributed by atoms with Crippen molar-refractivity contribution in [3.8, 4) is 0 Å². The van der Waals surface area contributed by atoms with Gasteiger partial charge in [-0.2, -0.15) is 0 Å². The van der Waals surface area contributed by atoms with Gasteiger partial charge in [-0.15, -0.1) is 10.2 Å². The molecule has 0 radical (unpaired) electrons. The minimum absolute atomic E-state index is 0.0743. The van der Waals surface area contributed by atoms with Crippen molar-refractivity contribution in [3.05, 3.63) is 53.7 Å². The van der Waals surface area contributed by atoms with E-state index in [9.17, 15) is 4.79 Å². The highest BCUT2D eigenvalue weighted by atomic mass is 16.2. The van der Waals surface area contributed by atoms with Crippen LogP contribution in [-0.2, 0) is 19.5 Å². The molecule has 2 aliphatic rings. The van der Waals surface area contributed by atoms with Crippen LogP contribution in [0, 0.1) is 0 Å². The van der Waals surface area contributed by atoms with Crippen molar-refractivity contribution in [2.24, 2.45) is 0 Å². The Morgan fingerprint density at radius 2 is 1.79 bits per heavy atom. The monoisotopic (exact) mass is 390 g/mol. The van der Waals surface area contributed by atoms with Gasteiger partial charge in [0.1, 0.15) is 11.6 Å². The second-order valence-electron chi connectivity index (χ2n) is 7.94. The molecule has 0 saturated carbocycles. The van der Waals surface area contributed by atoms with Crippen molar-refractivity contribution < 1.29 is 4.79 Å². The summed E-state index contributed by atoms with van der Waals surface area (Å²) >= 11 is 0. The Kier molecular flexibility index (Phi) is 4.97. The van der Waals surface area contributed by atoms with Gasteiger partial charge in [0.2, 0.25) is 0 Å². The molecule has 2 aliphatic heterocycles. The van der Waals surface area contributed by atoms with Gasteiger partial charge >= 0.3 is 0 Å². The molecule has 7 heteroatoms. The Morgan fingerprint density at radius 1 is 0.931 bits per heavy atom. The van der Waals surface area contributed by atoms with Gasteiger partial charge < -0.3 is 9.47 Å². The van der Waals surface area contributed by atoms with Crippen LogP contribution in [0.5, 0.6) is 0 Å². The minimum Gasteiger partial charge on any atom is -0.336 e. The predicted molar refractivity (Wildman–Crippen MR) is 111 cm³/mol. The molecule has 0 aliphatic carbocycles. The van der Waals surface area contributed by atoms with Crippen LogP contribution in [0.3, 0.4) is 0 Å². The molecular formula is C22H26N6O. The molecular weight excluding hydrogens is 364 g/mol. The number of rotatable bonds is 3. The van der Waals surface area contributed by atoms with Crippen LogP contribution in [0.2, 0.25) is 0 Å². The normalized spacial score (nSPS) is 17.9. The molecule has 0 atom stereocenters. The number of para-hydroxylation sites is 1. The maximum Gasteiger partial charge on any atom is 0.256 e. The third-order valence-corrected chi connectivity index (χ3v) is 6.07. The Morgan fingerprint density at radius 3 is 2.69 bits per heavy atom. The highest BCUT2D eigenvalue weighted by Gasteiger charge is 2.25. The number of carbonyl (C=O) groups is 1. The molecule has 7 nitrogen and oxygen atoms in total. The Bertz CT molecular complexity index is 1020. The van der Waals surface area contributed by atoms with E-state index in [-0.39, 0.29) is 5.91 Å². The molecule has 0 unspecified atom stereocenters. The third kappa shape index (κ3) is 3.62. The molecule has 1 amide bonds. The minimum atomic E-state index is 0.0743. The molecule has 1 aromatic carbocycles. The lowest BCUT2D eigenvalue weighted by Crippen LogP contribution is -2.48. The number of aryl methyl sites for hydroxylation is 1. The molecule has 150 valence electrons. The number of pyridine rings is 1. The zero-order valence-corrected chi connectivity index (χ0v) is 16.6. The van der Waals surface area contributed by atoms with Crippen LogP contribution in [0.4, 0.5) is 0 Å². The maximum atomic E-state index is 13.1. The number of aromatic nitrogens is 4. The van der Waals surface area contributed by atoms with Crippen LogP contribution in [0.25, 0.3) is 10.9 Å². The fourth-order valence-corrected chi connectivity index (χ4v) is 4.42. The first-order chi connectivity index (χ1) is 14.3. The SMILES string of the molecule is O=C(c1cccc2cccnc12)N1CCN(Cc2nnc3n2CCCCC3)CC1. The van der Waals surface area contributed by atoms with Crippen molar-refractivity contribution in [1.82, 2.24) is 29.5 Å². The van der Waals surface area contributed by atoms with E-state index in [1.54, 1.807) is 6.20 Å². The standard InChI is InChI=1S/C22H26N6O/c29-22(18-8-4-6-17-7-5-10-23-21(17)18)27-14-12-26(13-15-27)16-20-25-24-19-9-2-1-3-11-28(19)20/h4-8,10H,1-3,9,11-16H2. The average molecular weight is 390 g/mol. The summed E-state index contributed by atoms with van der Waals surface area (Å²) in [6, 6.07) is 9.72. The molecule has 1 fully saturated rings. The van der Waals surface area contributed by atoms with Crippen LogP contribution in [-0.4, -0.2) is 61.6 Å². The van der Waals surface area contributed by atoms with E-state index in [2.05, 4.69) is 24.6 Å². The number of hydrogen-bond donors (Lipinski definition) is 0. The van der Waals surface area contributed by atoms with E-state index in [1.165, 1.54) is 19.3 Å². The topological polar surface area (TPSA) is 67.2 Å².